The van der Waals surface area contributed by atoms with E-state index < -0.39 is 0 Å². The van der Waals surface area contributed by atoms with Gasteiger partial charge in [0, 0.05) is 29.1 Å². The Kier molecular flexibility index (Phi) is 3.67. The number of hydrogen-bond acceptors (Lipinski definition) is 5. The number of pyridine rings is 1. The SMILES string of the molecule is c1ccc(-c2oc3ncn4nc(-c5ccncc5)nc4c3c2-c2ccccc2)cc1. The van der Waals surface area contributed by atoms with Crippen molar-refractivity contribution in [1.82, 2.24) is 24.6 Å². The number of furan rings is 1. The van der Waals surface area contributed by atoms with Gasteiger partial charge in [0.2, 0.25) is 5.71 Å². The summed E-state index contributed by atoms with van der Waals surface area (Å²) in [6, 6.07) is 24.0. The van der Waals surface area contributed by atoms with Crippen molar-refractivity contribution < 1.29 is 4.42 Å². The minimum absolute atomic E-state index is 0.536. The summed E-state index contributed by atoms with van der Waals surface area (Å²) >= 11 is 0. The first kappa shape index (κ1) is 16.6. The monoisotopic (exact) mass is 389 g/mol. The predicted octanol–water partition coefficient (Wildman–Crippen LogP) is 5.27. The molecule has 6 heteroatoms. The lowest BCUT2D eigenvalue weighted by molar-refractivity contribution is 0.617. The van der Waals surface area contributed by atoms with Gasteiger partial charge in [0.05, 0.1) is 5.39 Å². The number of nitrogens with zero attached hydrogens (tertiary/aromatic N) is 5. The van der Waals surface area contributed by atoms with Gasteiger partial charge in [0.1, 0.15) is 12.1 Å². The van der Waals surface area contributed by atoms with Gasteiger partial charge in [-0.05, 0) is 17.7 Å². The Morgan fingerprint density at radius 1 is 0.733 bits per heavy atom. The van der Waals surface area contributed by atoms with Crippen molar-refractivity contribution in [2.45, 2.75) is 0 Å². The largest absolute Gasteiger partial charge is 0.437 e. The standard InChI is InChI=1S/C24H15N5O/c1-3-7-16(8-4-1)19-20-23-27-22(18-11-13-25-14-12-18)28-29(23)15-26-24(20)30-21(19)17-9-5-2-6-10-17/h1-15H. The molecule has 0 unspecified atom stereocenters. The first-order valence-corrected chi connectivity index (χ1v) is 9.57. The molecule has 0 amide bonds. The van der Waals surface area contributed by atoms with Gasteiger partial charge in [0.15, 0.2) is 11.5 Å². The van der Waals surface area contributed by atoms with E-state index in [9.17, 15) is 0 Å². The van der Waals surface area contributed by atoms with E-state index in [0.29, 0.717) is 17.2 Å². The van der Waals surface area contributed by atoms with Gasteiger partial charge in [-0.15, -0.1) is 5.10 Å². The second-order valence-electron chi connectivity index (χ2n) is 6.90. The molecular formula is C24H15N5O. The van der Waals surface area contributed by atoms with Crippen molar-refractivity contribution in [2.24, 2.45) is 0 Å². The summed E-state index contributed by atoms with van der Waals surface area (Å²) in [5.74, 6) is 1.39. The number of benzene rings is 2. The Balaban J connectivity index is 1.70. The summed E-state index contributed by atoms with van der Waals surface area (Å²) in [6.07, 6.45) is 5.10. The van der Waals surface area contributed by atoms with Crippen LogP contribution in [-0.4, -0.2) is 24.6 Å². The van der Waals surface area contributed by atoms with Gasteiger partial charge in [-0.2, -0.15) is 0 Å². The molecule has 6 nitrogen and oxygen atoms in total. The number of rotatable bonds is 3. The molecule has 0 spiro atoms. The molecule has 0 aliphatic carbocycles. The Bertz CT molecular complexity index is 1470. The average Bonchev–Trinajstić information content (AvgIpc) is 3.42. The Labute approximate surface area is 171 Å². The van der Waals surface area contributed by atoms with Crippen molar-refractivity contribution in [3.05, 3.63) is 91.5 Å². The van der Waals surface area contributed by atoms with Gasteiger partial charge in [-0.25, -0.2) is 14.5 Å². The maximum Gasteiger partial charge on any atom is 0.232 e. The highest BCUT2D eigenvalue weighted by atomic mass is 16.3. The maximum atomic E-state index is 6.26. The van der Waals surface area contributed by atoms with E-state index in [2.05, 4.69) is 27.2 Å². The zero-order valence-electron chi connectivity index (χ0n) is 15.8. The molecule has 0 aliphatic heterocycles. The summed E-state index contributed by atoms with van der Waals surface area (Å²) in [6.45, 7) is 0. The minimum atomic E-state index is 0.536. The highest BCUT2D eigenvalue weighted by molar-refractivity contribution is 6.07. The summed E-state index contributed by atoms with van der Waals surface area (Å²) in [5, 5.41) is 5.47. The van der Waals surface area contributed by atoms with Crippen LogP contribution in [-0.2, 0) is 0 Å². The van der Waals surface area contributed by atoms with E-state index in [0.717, 1.165) is 33.4 Å². The highest BCUT2D eigenvalue weighted by Gasteiger charge is 2.22. The topological polar surface area (TPSA) is 69.1 Å². The van der Waals surface area contributed by atoms with Crippen LogP contribution in [0.1, 0.15) is 0 Å². The molecule has 0 atom stereocenters. The van der Waals surface area contributed by atoms with Gasteiger partial charge in [0.25, 0.3) is 0 Å². The first-order chi connectivity index (χ1) is 14.9. The maximum absolute atomic E-state index is 6.26. The summed E-state index contributed by atoms with van der Waals surface area (Å²) < 4.78 is 7.96. The van der Waals surface area contributed by atoms with Crippen molar-refractivity contribution >= 4 is 16.7 Å². The molecule has 0 radical (unpaired) electrons. The molecule has 0 N–H and O–H groups in total. The lowest BCUT2D eigenvalue weighted by atomic mass is 9.99. The van der Waals surface area contributed by atoms with Crippen LogP contribution in [0.2, 0.25) is 0 Å². The smallest absolute Gasteiger partial charge is 0.232 e. The molecule has 0 saturated carbocycles. The van der Waals surface area contributed by atoms with Crippen molar-refractivity contribution in [1.29, 1.82) is 0 Å². The fourth-order valence-corrected chi connectivity index (χ4v) is 3.70. The zero-order chi connectivity index (χ0) is 19.9. The van der Waals surface area contributed by atoms with E-state index in [1.165, 1.54) is 0 Å². The lowest BCUT2D eigenvalue weighted by Gasteiger charge is -2.03. The molecule has 30 heavy (non-hydrogen) atoms. The van der Waals surface area contributed by atoms with Crippen LogP contribution < -0.4 is 0 Å². The van der Waals surface area contributed by atoms with E-state index in [-0.39, 0.29) is 0 Å². The molecular weight excluding hydrogens is 374 g/mol. The van der Waals surface area contributed by atoms with Gasteiger partial charge in [-0.1, -0.05) is 60.7 Å². The average molecular weight is 389 g/mol. The molecule has 0 fully saturated rings. The van der Waals surface area contributed by atoms with Crippen LogP contribution in [0.25, 0.3) is 50.6 Å². The van der Waals surface area contributed by atoms with E-state index in [1.807, 2.05) is 60.7 Å². The van der Waals surface area contributed by atoms with E-state index in [4.69, 9.17) is 9.40 Å². The van der Waals surface area contributed by atoms with Gasteiger partial charge < -0.3 is 4.42 Å². The summed E-state index contributed by atoms with van der Waals surface area (Å²) in [4.78, 5) is 13.4. The van der Waals surface area contributed by atoms with Crippen molar-refractivity contribution in [3.8, 4) is 33.8 Å². The van der Waals surface area contributed by atoms with E-state index >= 15 is 0 Å². The van der Waals surface area contributed by atoms with Crippen LogP contribution in [0.15, 0.2) is 95.9 Å². The normalized spacial score (nSPS) is 11.3. The Morgan fingerprint density at radius 2 is 1.43 bits per heavy atom. The summed E-state index contributed by atoms with van der Waals surface area (Å²) in [7, 11) is 0. The number of aromatic nitrogens is 5. The van der Waals surface area contributed by atoms with Crippen LogP contribution in [0, 0.1) is 0 Å². The third-order valence-corrected chi connectivity index (χ3v) is 5.07. The molecule has 4 heterocycles. The zero-order valence-corrected chi connectivity index (χ0v) is 15.8. The first-order valence-electron chi connectivity index (χ1n) is 9.57. The quantitative estimate of drug-likeness (QED) is 0.413. The molecule has 0 aliphatic rings. The second-order valence-corrected chi connectivity index (χ2v) is 6.90. The fourth-order valence-electron chi connectivity index (χ4n) is 3.70. The van der Waals surface area contributed by atoms with E-state index in [1.54, 1.807) is 23.2 Å². The third-order valence-electron chi connectivity index (χ3n) is 5.07. The van der Waals surface area contributed by atoms with Gasteiger partial charge >= 0.3 is 0 Å². The molecule has 0 saturated heterocycles. The third kappa shape index (κ3) is 2.58. The van der Waals surface area contributed by atoms with Crippen molar-refractivity contribution in [3.63, 3.8) is 0 Å². The van der Waals surface area contributed by atoms with Crippen molar-refractivity contribution in [2.75, 3.05) is 0 Å². The lowest BCUT2D eigenvalue weighted by Crippen LogP contribution is -1.90. The Hall–Kier alpha value is -4.32. The molecule has 6 aromatic rings. The number of fused-ring (bicyclic) bond motifs is 3. The molecule has 6 rings (SSSR count). The van der Waals surface area contributed by atoms with Crippen LogP contribution in [0.3, 0.4) is 0 Å². The highest BCUT2D eigenvalue weighted by Crippen LogP contribution is 2.41. The predicted molar refractivity (Wildman–Crippen MR) is 115 cm³/mol. The molecule has 2 aromatic carbocycles. The van der Waals surface area contributed by atoms with Crippen LogP contribution in [0.4, 0.5) is 0 Å². The molecule has 142 valence electrons. The number of hydrogen-bond donors (Lipinski definition) is 0. The summed E-state index contributed by atoms with van der Waals surface area (Å²) in [5.41, 5.74) is 5.13. The van der Waals surface area contributed by atoms with Crippen LogP contribution >= 0.6 is 0 Å². The Morgan fingerprint density at radius 3 is 2.17 bits per heavy atom. The van der Waals surface area contributed by atoms with Crippen LogP contribution in [0.5, 0.6) is 0 Å². The van der Waals surface area contributed by atoms with Gasteiger partial charge in [-0.3, -0.25) is 4.98 Å². The minimum Gasteiger partial charge on any atom is -0.437 e. The second kappa shape index (κ2) is 6.63. The molecule has 4 aromatic heterocycles. The molecule has 0 bridgehead atoms. The fraction of sp³-hybridized carbons (Fsp3) is 0.